The third-order valence-corrected chi connectivity index (χ3v) is 4.83. The fourth-order valence-electron chi connectivity index (χ4n) is 1.32. The Morgan fingerprint density at radius 3 is 2.06 bits per heavy atom. The van der Waals surface area contributed by atoms with Crippen LogP contribution in [-0.2, 0) is 9.84 Å². The molecule has 112 valence electrons. The second-order valence-corrected chi connectivity index (χ2v) is 8.74. The van der Waals surface area contributed by atoms with Gasteiger partial charge in [0, 0.05) is 12.0 Å². The lowest BCUT2D eigenvalue weighted by Crippen LogP contribution is -3.00. The molecule has 0 aromatic rings. The van der Waals surface area contributed by atoms with Gasteiger partial charge in [0.1, 0.15) is 0 Å². The van der Waals surface area contributed by atoms with Crippen molar-refractivity contribution in [2.45, 2.75) is 32.2 Å². The molecule has 0 aliphatic carbocycles. The third-order valence-electron chi connectivity index (χ3n) is 2.58. The molecule has 0 radical (unpaired) electrons. The SMILES string of the molecule is CC(C)(CCS(=O)(=O)CCC[N+](C)(C)C)NCl.[Cl-]. The lowest BCUT2D eigenvalue weighted by atomic mass is 10.0. The predicted molar refractivity (Wildman–Crippen MR) is 73.9 cm³/mol. The van der Waals surface area contributed by atoms with Crippen molar-refractivity contribution in [3.05, 3.63) is 0 Å². The van der Waals surface area contributed by atoms with Gasteiger partial charge in [0.05, 0.1) is 39.2 Å². The number of hydrogen-bond donors (Lipinski definition) is 1. The molecule has 0 atom stereocenters. The summed E-state index contributed by atoms with van der Waals surface area (Å²) in [6, 6.07) is 0. The van der Waals surface area contributed by atoms with E-state index in [0.29, 0.717) is 12.8 Å². The molecule has 0 rings (SSSR count). The minimum Gasteiger partial charge on any atom is -1.00 e. The van der Waals surface area contributed by atoms with Gasteiger partial charge in [0.25, 0.3) is 0 Å². The maximum Gasteiger partial charge on any atom is 0.150 e. The molecule has 0 heterocycles. The molecule has 0 fully saturated rings. The van der Waals surface area contributed by atoms with E-state index in [0.717, 1.165) is 11.0 Å². The summed E-state index contributed by atoms with van der Waals surface area (Å²) in [7, 11) is 3.23. The Hall–Kier alpha value is 0.450. The van der Waals surface area contributed by atoms with Crippen LogP contribution in [0.2, 0.25) is 0 Å². The summed E-state index contributed by atoms with van der Waals surface area (Å²) >= 11 is 5.54. The lowest BCUT2D eigenvalue weighted by Gasteiger charge is -2.24. The summed E-state index contributed by atoms with van der Waals surface area (Å²) in [5.41, 5.74) is -0.339. The molecule has 0 saturated heterocycles. The summed E-state index contributed by atoms with van der Waals surface area (Å²) in [4.78, 5) is 2.60. The average Bonchev–Trinajstić information content (AvgIpc) is 2.13. The molecular weight excluding hydrogens is 295 g/mol. The summed E-state index contributed by atoms with van der Waals surface area (Å²) < 4.78 is 24.4. The minimum atomic E-state index is -2.96. The Kier molecular flexibility index (Phi) is 9.11. The van der Waals surface area contributed by atoms with Gasteiger partial charge in [-0.25, -0.2) is 13.3 Å². The first-order chi connectivity index (χ1) is 7.47. The van der Waals surface area contributed by atoms with E-state index >= 15 is 0 Å². The van der Waals surface area contributed by atoms with E-state index in [1.54, 1.807) is 0 Å². The van der Waals surface area contributed by atoms with Crippen LogP contribution in [0, 0.1) is 0 Å². The lowest BCUT2D eigenvalue weighted by molar-refractivity contribution is -0.870. The van der Waals surface area contributed by atoms with Crippen LogP contribution in [0.1, 0.15) is 26.7 Å². The number of halogens is 2. The first-order valence-electron chi connectivity index (χ1n) is 5.86. The van der Waals surface area contributed by atoms with Crippen LogP contribution in [0.15, 0.2) is 0 Å². The zero-order valence-electron chi connectivity index (χ0n) is 12.0. The monoisotopic (exact) mass is 320 g/mol. The van der Waals surface area contributed by atoms with Crippen LogP contribution in [0.5, 0.6) is 0 Å². The fraction of sp³-hybridized carbons (Fsp3) is 1.00. The Morgan fingerprint density at radius 2 is 1.67 bits per heavy atom. The number of sulfone groups is 1. The first kappa shape index (κ1) is 20.8. The highest BCUT2D eigenvalue weighted by Gasteiger charge is 2.21. The molecule has 4 nitrogen and oxygen atoms in total. The van der Waals surface area contributed by atoms with Crippen LogP contribution in [0.25, 0.3) is 0 Å². The second-order valence-electron chi connectivity index (χ2n) is 6.25. The van der Waals surface area contributed by atoms with Gasteiger partial charge in [-0.3, -0.25) is 0 Å². The standard InChI is InChI=1S/C11H26ClN2O2S.ClH/c1-11(2,13-12)7-10-17(15,16)9-6-8-14(3,4)5;/h13H,6-10H2,1-5H3;1H/q+1;/p-1. The molecule has 0 aromatic carbocycles. The van der Waals surface area contributed by atoms with Crippen LogP contribution in [0.4, 0.5) is 0 Å². The number of rotatable bonds is 8. The van der Waals surface area contributed by atoms with Gasteiger partial charge in [-0.2, -0.15) is 0 Å². The van der Waals surface area contributed by atoms with Gasteiger partial charge >= 0.3 is 0 Å². The van der Waals surface area contributed by atoms with Crippen LogP contribution in [-0.4, -0.2) is 57.6 Å². The Labute approximate surface area is 123 Å². The van der Waals surface area contributed by atoms with Crippen molar-refractivity contribution < 1.29 is 25.3 Å². The third kappa shape index (κ3) is 11.5. The molecule has 0 bridgehead atoms. The van der Waals surface area contributed by atoms with Crippen molar-refractivity contribution >= 4 is 21.6 Å². The summed E-state index contributed by atoms with van der Waals surface area (Å²) in [6.07, 6.45) is 1.24. The van der Waals surface area contributed by atoms with Crippen molar-refractivity contribution in [1.29, 1.82) is 0 Å². The zero-order chi connectivity index (χ0) is 13.7. The predicted octanol–water partition coefficient (Wildman–Crippen LogP) is -1.59. The van der Waals surface area contributed by atoms with E-state index in [1.165, 1.54) is 0 Å². The van der Waals surface area contributed by atoms with Gasteiger partial charge in [0.15, 0.2) is 9.84 Å². The molecule has 7 heteroatoms. The largest absolute Gasteiger partial charge is 1.00 e. The maximum atomic E-state index is 11.8. The van der Waals surface area contributed by atoms with Crippen LogP contribution < -0.4 is 17.2 Å². The maximum absolute atomic E-state index is 11.8. The molecule has 0 unspecified atom stereocenters. The van der Waals surface area contributed by atoms with Crippen molar-refractivity contribution in [2.75, 3.05) is 39.2 Å². The molecule has 0 aliphatic heterocycles. The van der Waals surface area contributed by atoms with Gasteiger partial charge in [-0.05, 0) is 32.0 Å². The molecule has 0 saturated carbocycles. The van der Waals surface area contributed by atoms with E-state index in [4.69, 9.17) is 11.8 Å². The van der Waals surface area contributed by atoms with Crippen molar-refractivity contribution in [3.63, 3.8) is 0 Å². The molecular formula is C11H26Cl2N2O2S. The average molecular weight is 321 g/mol. The number of nitrogens with one attached hydrogen (secondary N) is 1. The minimum absolute atomic E-state index is 0. The molecule has 1 N–H and O–H groups in total. The van der Waals surface area contributed by atoms with E-state index in [-0.39, 0.29) is 29.5 Å². The topological polar surface area (TPSA) is 46.2 Å². The number of hydrogen-bond acceptors (Lipinski definition) is 3. The highest BCUT2D eigenvalue weighted by Crippen LogP contribution is 2.12. The van der Waals surface area contributed by atoms with E-state index in [9.17, 15) is 8.42 Å². The first-order valence-corrected chi connectivity index (χ1v) is 8.06. The van der Waals surface area contributed by atoms with Gasteiger partial charge < -0.3 is 16.9 Å². The second kappa shape index (κ2) is 7.90. The van der Waals surface area contributed by atoms with Gasteiger partial charge in [-0.15, -0.1) is 0 Å². The Balaban J connectivity index is 0. The summed E-state index contributed by atoms with van der Waals surface area (Å²) in [5.74, 6) is 0.456. The van der Waals surface area contributed by atoms with Gasteiger partial charge in [-0.1, -0.05) is 0 Å². The molecule has 18 heavy (non-hydrogen) atoms. The van der Waals surface area contributed by atoms with Crippen LogP contribution in [0.3, 0.4) is 0 Å². The number of quaternary nitrogens is 1. The summed E-state index contributed by atoms with van der Waals surface area (Å²) in [6.45, 7) is 4.65. The Bertz CT molecular complexity index is 324. The fourth-order valence-corrected chi connectivity index (χ4v) is 3.01. The van der Waals surface area contributed by atoms with Crippen molar-refractivity contribution in [1.82, 2.24) is 4.84 Å². The van der Waals surface area contributed by atoms with Crippen molar-refractivity contribution in [2.24, 2.45) is 0 Å². The van der Waals surface area contributed by atoms with Crippen LogP contribution >= 0.6 is 11.8 Å². The molecule has 0 spiro atoms. The Morgan fingerprint density at radius 1 is 1.17 bits per heavy atom. The van der Waals surface area contributed by atoms with E-state index in [2.05, 4.69) is 26.0 Å². The van der Waals surface area contributed by atoms with E-state index in [1.807, 2.05) is 13.8 Å². The number of nitrogens with zero attached hydrogens (tertiary/aromatic N) is 1. The smallest absolute Gasteiger partial charge is 0.150 e. The summed E-state index contributed by atoms with van der Waals surface area (Å²) in [5, 5.41) is 0. The quantitative estimate of drug-likeness (QED) is 0.433. The highest BCUT2D eigenvalue weighted by molar-refractivity contribution is 7.91. The molecule has 0 aliphatic rings. The van der Waals surface area contributed by atoms with Crippen molar-refractivity contribution in [3.8, 4) is 0 Å². The zero-order valence-corrected chi connectivity index (χ0v) is 14.3. The normalized spacial score (nSPS) is 13.2. The van der Waals surface area contributed by atoms with Gasteiger partial charge in [0.2, 0.25) is 0 Å². The highest BCUT2D eigenvalue weighted by atomic mass is 35.5. The van der Waals surface area contributed by atoms with E-state index < -0.39 is 9.84 Å². The molecule has 0 aromatic heterocycles. The molecule has 0 amide bonds.